The molecule has 1 aromatic carbocycles. The van der Waals surface area contributed by atoms with Gasteiger partial charge >= 0.3 is 12.5 Å². The fourth-order valence-electron chi connectivity index (χ4n) is 1.87. The van der Waals surface area contributed by atoms with Gasteiger partial charge in [-0.15, -0.1) is 13.2 Å². The zero-order valence-corrected chi connectivity index (χ0v) is 11.2. The van der Waals surface area contributed by atoms with Crippen LogP contribution in [-0.4, -0.2) is 16.5 Å². The van der Waals surface area contributed by atoms with Gasteiger partial charge in [-0.2, -0.15) is 13.2 Å². The molecule has 0 bridgehead atoms. The lowest BCUT2D eigenvalue weighted by atomic mass is 10.0. The first-order valence-electron chi connectivity index (χ1n) is 6.13. The number of hydrogen-bond donors (Lipinski definition) is 1. The molecular formula is C14H9F6NO2. The van der Waals surface area contributed by atoms with E-state index in [0.717, 1.165) is 24.4 Å². The summed E-state index contributed by atoms with van der Waals surface area (Å²) in [5.74, 6) is -0.489. The summed E-state index contributed by atoms with van der Waals surface area (Å²) in [6.07, 6.45) is -8.46. The highest BCUT2D eigenvalue weighted by Crippen LogP contribution is 2.34. The lowest BCUT2D eigenvalue weighted by Gasteiger charge is -2.13. The molecule has 0 atom stereocenters. The van der Waals surface area contributed by atoms with Gasteiger partial charge in [0.05, 0.1) is 17.9 Å². The monoisotopic (exact) mass is 337 g/mol. The maximum Gasteiger partial charge on any atom is 0.573 e. The third-order valence-electron chi connectivity index (χ3n) is 2.85. The van der Waals surface area contributed by atoms with Gasteiger partial charge in [-0.3, -0.25) is 4.98 Å². The Bertz CT molecular complexity index is 679. The number of benzene rings is 1. The van der Waals surface area contributed by atoms with Crippen molar-refractivity contribution in [1.29, 1.82) is 0 Å². The summed E-state index contributed by atoms with van der Waals surface area (Å²) in [6.45, 7) is -0.881. The lowest BCUT2D eigenvalue weighted by molar-refractivity contribution is -0.274. The highest BCUT2D eigenvalue weighted by Gasteiger charge is 2.34. The van der Waals surface area contributed by atoms with Crippen molar-refractivity contribution in [3.05, 3.63) is 47.8 Å². The summed E-state index contributed by atoms with van der Waals surface area (Å²) in [4.78, 5) is 3.54. The van der Waals surface area contributed by atoms with Gasteiger partial charge in [-0.1, -0.05) is 12.1 Å². The average Bonchev–Trinajstić information content (AvgIpc) is 2.45. The van der Waals surface area contributed by atoms with Gasteiger partial charge in [0, 0.05) is 11.8 Å². The zero-order chi connectivity index (χ0) is 17.3. The molecule has 0 saturated heterocycles. The molecule has 2 aromatic rings. The van der Waals surface area contributed by atoms with Gasteiger partial charge < -0.3 is 9.84 Å². The number of nitrogens with zero attached hydrogens (tertiary/aromatic N) is 1. The number of pyridine rings is 1. The molecule has 0 amide bonds. The van der Waals surface area contributed by atoms with Gasteiger partial charge in [-0.05, 0) is 23.8 Å². The molecule has 1 aromatic heterocycles. The molecule has 0 radical (unpaired) electrons. The molecule has 9 heteroatoms. The average molecular weight is 337 g/mol. The number of aliphatic hydroxyl groups excluding tert-OH is 1. The highest BCUT2D eigenvalue weighted by molar-refractivity contribution is 5.64. The fraction of sp³-hybridized carbons (Fsp3) is 0.214. The minimum atomic E-state index is -4.85. The first kappa shape index (κ1) is 17.1. The van der Waals surface area contributed by atoms with Gasteiger partial charge in [0.15, 0.2) is 0 Å². The Morgan fingerprint density at radius 3 is 2.04 bits per heavy atom. The van der Waals surface area contributed by atoms with Crippen LogP contribution in [0.5, 0.6) is 5.75 Å². The molecule has 0 aliphatic heterocycles. The smallest absolute Gasteiger partial charge is 0.406 e. The normalized spacial score (nSPS) is 12.3. The summed E-state index contributed by atoms with van der Waals surface area (Å²) in [6, 6.07) is 5.10. The van der Waals surface area contributed by atoms with E-state index in [1.54, 1.807) is 0 Å². The third-order valence-corrected chi connectivity index (χ3v) is 2.85. The van der Waals surface area contributed by atoms with Crippen LogP contribution in [0.25, 0.3) is 11.1 Å². The first-order valence-corrected chi connectivity index (χ1v) is 6.13. The van der Waals surface area contributed by atoms with Crippen molar-refractivity contribution < 1.29 is 36.2 Å². The zero-order valence-electron chi connectivity index (χ0n) is 11.2. The molecule has 124 valence electrons. The van der Waals surface area contributed by atoms with Crippen molar-refractivity contribution in [1.82, 2.24) is 4.98 Å². The minimum absolute atomic E-state index is 0.0492. The SMILES string of the molecule is OCc1ncc(-c2ccc(OC(F)(F)F)cc2)cc1C(F)(F)F. The quantitative estimate of drug-likeness (QED) is 0.856. The minimum Gasteiger partial charge on any atom is -0.406 e. The van der Waals surface area contributed by atoms with E-state index in [2.05, 4.69) is 9.72 Å². The van der Waals surface area contributed by atoms with Gasteiger partial charge in [0.2, 0.25) is 0 Å². The van der Waals surface area contributed by atoms with Gasteiger partial charge in [0.1, 0.15) is 5.75 Å². The van der Waals surface area contributed by atoms with E-state index < -0.39 is 36.2 Å². The van der Waals surface area contributed by atoms with E-state index in [0.29, 0.717) is 0 Å². The summed E-state index contributed by atoms with van der Waals surface area (Å²) in [5, 5.41) is 8.90. The standard InChI is InChI=1S/C14H9F6NO2/c15-13(16,17)11-5-9(6-21-12(11)7-22)8-1-3-10(4-2-8)23-14(18,19)20/h1-6,22H,7H2. The Kier molecular flexibility index (Phi) is 4.51. The third kappa shape index (κ3) is 4.35. The molecule has 0 saturated carbocycles. The van der Waals surface area contributed by atoms with E-state index >= 15 is 0 Å². The molecule has 23 heavy (non-hydrogen) atoms. The summed E-state index contributed by atoms with van der Waals surface area (Å²) in [5.41, 5.74) is -1.36. The van der Waals surface area contributed by atoms with E-state index in [-0.39, 0.29) is 11.1 Å². The molecule has 0 fully saturated rings. The maximum atomic E-state index is 12.9. The Balaban J connectivity index is 2.35. The van der Waals surface area contributed by atoms with Crippen molar-refractivity contribution in [2.45, 2.75) is 19.1 Å². The topological polar surface area (TPSA) is 42.4 Å². The second-order valence-corrected chi connectivity index (χ2v) is 4.45. The van der Waals surface area contributed by atoms with Crippen LogP contribution >= 0.6 is 0 Å². The molecule has 2 rings (SSSR count). The Hall–Kier alpha value is -2.29. The maximum absolute atomic E-state index is 12.9. The van der Waals surface area contributed by atoms with Crippen molar-refractivity contribution in [2.24, 2.45) is 0 Å². The molecule has 0 aliphatic carbocycles. The summed E-state index contributed by atoms with van der Waals surface area (Å²) < 4.78 is 78.5. The van der Waals surface area contributed by atoms with Crippen LogP contribution in [0, 0.1) is 0 Å². The largest absolute Gasteiger partial charge is 0.573 e. The van der Waals surface area contributed by atoms with Crippen LogP contribution in [0.1, 0.15) is 11.3 Å². The van der Waals surface area contributed by atoms with Crippen LogP contribution in [0.15, 0.2) is 36.5 Å². The Labute approximate surface area is 126 Å². The number of ether oxygens (including phenoxy) is 1. The van der Waals surface area contributed by atoms with Crippen LogP contribution in [0.4, 0.5) is 26.3 Å². The predicted octanol–water partition coefficient (Wildman–Crippen LogP) is 4.16. The molecule has 0 aliphatic rings. The van der Waals surface area contributed by atoms with Crippen molar-refractivity contribution in [2.75, 3.05) is 0 Å². The first-order chi connectivity index (χ1) is 10.6. The number of rotatable bonds is 3. The second-order valence-electron chi connectivity index (χ2n) is 4.45. The summed E-state index contributed by atoms with van der Waals surface area (Å²) in [7, 11) is 0. The molecule has 0 unspecified atom stereocenters. The van der Waals surface area contributed by atoms with Crippen molar-refractivity contribution in [3.63, 3.8) is 0 Å². The van der Waals surface area contributed by atoms with Crippen molar-refractivity contribution >= 4 is 0 Å². The van der Waals surface area contributed by atoms with Gasteiger partial charge in [-0.25, -0.2) is 0 Å². The highest BCUT2D eigenvalue weighted by atomic mass is 19.4. The number of hydrogen-bond acceptors (Lipinski definition) is 3. The van der Waals surface area contributed by atoms with Crippen molar-refractivity contribution in [3.8, 4) is 16.9 Å². The van der Waals surface area contributed by atoms with Crippen LogP contribution in [0.3, 0.4) is 0 Å². The molecular weight excluding hydrogens is 328 g/mol. The number of halogens is 6. The Morgan fingerprint density at radius 1 is 0.957 bits per heavy atom. The Morgan fingerprint density at radius 2 is 1.57 bits per heavy atom. The van der Waals surface area contributed by atoms with E-state index in [9.17, 15) is 26.3 Å². The predicted molar refractivity (Wildman–Crippen MR) is 67.3 cm³/mol. The van der Waals surface area contributed by atoms with Crippen LogP contribution < -0.4 is 4.74 Å². The van der Waals surface area contributed by atoms with E-state index in [1.165, 1.54) is 12.1 Å². The number of alkyl halides is 6. The van der Waals surface area contributed by atoms with Crippen LogP contribution in [0.2, 0.25) is 0 Å². The van der Waals surface area contributed by atoms with E-state index in [4.69, 9.17) is 5.11 Å². The molecule has 3 nitrogen and oxygen atoms in total. The fourth-order valence-corrected chi connectivity index (χ4v) is 1.87. The number of aromatic nitrogens is 1. The molecule has 1 N–H and O–H groups in total. The summed E-state index contributed by atoms with van der Waals surface area (Å²) >= 11 is 0. The van der Waals surface area contributed by atoms with Gasteiger partial charge in [0.25, 0.3) is 0 Å². The second kappa shape index (κ2) is 6.07. The molecule has 0 spiro atoms. The van der Waals surface area contributed by atoms with E-state index in [1.807, 2.05) is 0 Å². The lowest BCUT2D eigenvalue weighted by Crippen LogP contribution is -2.16. The number of aliphatic hydroxyl groups is 1. The van der Waals surface area contributed by atoms with Crippen LogP contribution in [-0.2, 0) is 12.8 Å². The molecule has 1 heterocycles.